The summed E-state index contributed by atoms with van der Waals surface area (Å²) in [7, 11) is 3.87. The van der Waals surface area contributed by atoms with Crippen LogP contribution in [0.3, 0.4) is 0 Å². The van der Waals surface area contributed by atoms with Crippen LogP contribution in [0, 0.1) is 5.82 Å². The van der Waals surface area contributed by atoms with Crippen molar-refractivity contribution in [1.82, 2.24) is 16.0 Å². The molecule has 1 aromatic rings. The molecule has 2 heterocycles. The highest BCUT2D eigenvalue weighted by atomic mass is 33.1. The summed E-state index contributed by atoms with van der Waals surface area (Å²) in [6.45, 7) is 0. The van der Waals surface area contributed by atoms with E-state index < -0.39 is 12.2 Å². The van der Waals surface area contributed by atoms with Crippen molar-refractivity contribution in [3.63, 3.8) is 0 Å². The number of hydrogen-bond acceptors (Lipinski definition) is 5. The summed E-state index contributed by atoms with van der Waals surface area (Å²) in [5, 5.41) is 8.46. The van der Waals surface area contributed by atoms with Crippen molar-refractivity contribution in [3.8, 4) is 0 Å². The van der Waals surface area contributed by atoms with Crippen LogP contribution in [-0.2, 0) is 4.79 Å². The van der Waals surface area contributed by atoms with E-state index in [-0.39, 0.29) is 17.7 Å². The number of carbonyl (C=O) groups is 2. The molecule has 2 aliphatic heterocycles. The van der Waals surface area contributed by atoms with Gasteiger partial charge in [-0.05, 0) is 37.0 Å². The number of hydrogen-bond donors (Lipinski definition) is 3. The Morgan fingerprint density at radius 2 is 2.12 bits per heavy atom. The monoisotopic (exact) mass is 396 g/mol. The summed E-state index contributed by atoms with van der Waals surface area (Å²) in [6.07, 6.45) is 3.96. The Bertz CT molecular complexity index is 678. The van der Waals surface area contributed by atoms with E-state index in [1.165, 1.54) is 24.3 Å². The number of carbonyl (C=O) groups excluding carboxylic acids is 2. The van der Waals surface area contributed by atoms with Crippen LogP contribution in [-0.4, -0.2) is 28.9 Å². The Hall–Kier alpha value is -1.74. The van der Waals surface area contributed by atoms with E-state index in [1.54, 1.807) is 12.1 Å². The summed E-state index contributed by atoms with van der Waals surface area (Å²) in [6, 6.07) is 5.25. The molecule has 2 atom stereocenters. The summed E-state index contributed by atoms with van der Waals surface area (Å²) in [5.41, 5.74) is 0.639. The molecule has 0 aromatic heterocycles. The zero-order valence-electron chi connectivity index (χ0n) is 14.2. The first-order valence-corrected chi connectivity index (χ1v) is 11.0. The number of aliphatic imine (C=N–C) groups is 1. The van der Waals surface area contributed by atoms with Gasteiger partial charge in [-0.15, -0.1) is 0 Å². The number of halogens is 1. The second kappa shape index (κ2) is 9.27. The molecule has 0 bridgehead atoms. The molecule has 0 aliphatic carbocycles. The van der Waals surface area contributed by atoms with Gasteiger partial charge in [0.25, 0.3) is 0 Å². The Kier molecular flexibility index (Phi) is 6.79. The number of amides is 3. The third-order valence-corrected chi connectivity index (χ3v) is 7.12. The van der Waals surface area contributed by atoms with Gasteiger partial charge in [-0.2, -0.15) is 0 Å². The second-order valence-electron chi connectivity index (χ2n) is 6.15. The smallest absolute Gasteiger partial charge is 0.312 e. The summed E-state index contributed by atoms with van der Waals surface area (Å²) < 4.78 is 13.0. The first-order chi connectivity index (χ1) is 12.6. The normalized spacial score (nSPS) is 22.3. The SMILES string of the molecule is O=C(CCCCC1CCSS1)NC1=NC(c2ccc(F)cc2)NC(=O)N1. The lowest BCUT2D eigenvalue weighted by molar-refractivity contribution is -0.119. The molecule has 1 saturated heterocycles. The number of urea groups is 1. The maximum Gasteiger partial charge on any atom is 0.323 e. The minimum Gasteiger partial charge on any atom is -0.312 e. The molecule has 140 valence electrons. The van der Waals surface area contributed by atoms with Gasteiger partial charge in [0.05, 0.1) is 0 Å². The first-order valence-electron chi connectivity index (χ1n) is 8.59. The second-order valence-corrected chi connectivity index (χ2v) is 8.94. The van der Waals surface area contributed by atoms with Crippen LogP contribution in [0.1, 0.15) is 43.8 Å². The summed E-state index contributed by atoms with van der Waals surface area (Å²) in [5.74, 6) is 0.813. The predicted octanol–water partition coefficient (Wildman–Crippen LogP) is 3.32. The fourth-order valence-electron chi connectivity index (χ4n) is 2.74. The highest BCUT2D eigenvalue weighted by Crippen LogP contribution is 2.39. The van der Waals surface area contributed by atoms with Crippen LogP contribution in [0.5, 0.6) is 0 Å². The third kappa shape index (κ3) is 5.63. The summed E-state index contributed by atoms with van der Waals surface area (Å²) >= 11 is 0. The predicted molar refractivity (Wildman–Crippen MR) is 103 cm³/mol. The molecule has 26 heavy (non-hydrogen) atoms. The molecular weight excluding hydrogens is 375 g/mol. The quantitative estimate of drug-likeness (QED) is 0.509. The highest BCUT2D eigenvalue weighted by Gasteiger charge is 2.22. The molecular formula is C17H21FN4O2S2. The standard InChI is InChI=1S/C17H21FN4O2S2/c18-12-7-5-11(6-8-12)15-20-16(22-17(24)21-15)19-14(23)4-2-1-3-13-9-10-25-26-13/h5-8,13,15H,1-4,9-10H2,(H3,19,20,21,22,23,24). The first kappa shape index (κ1) is 19.0. The molecule has 1 fully saturated rings. The molecule has 0 saturated carbocycles. The number of unbranched alkanes of at least 4 members (excludes halogenated alkanes) is 1. The van der Waals surface area contributed by atoms with E-state index in [4.69, 9.17) is 0 Å². The number of benzene rings is 1. The molecule has 2 aliphatic rings. The number of nitrogens with zero attached hydrogens (tertiary/aromatic N) is 1. The van der Waals surface area contributed by atoms with E-state index >= 15 is 0 Å². The van der Waals surface area contributed by atoms with Gasteiger partial charge in [0, 0.05) is 17.4 Å². The van der Waals surface area contributed by atoms with Crippen molar-refractivity contribution in [2.45, 2.75) is 43.5 Å². The maximum atomic E-state index is 13.0. The van der Waals surface area contributed by atoms with Gasteiger partial charge in [-0.3, -0.25) is 15.4 Å². The fourth-order valence-corrected chi connectivity index (χ4v) is 5.77. The Labute approximate surface area is 159 Å². The number of guanidine groups is 1. The minimum absolute atomic E-state index is 0.121. The van der Waals surface area contributed by atoms with E-state index in [9.17, 15) is 14.0 Å². The van der Waals surface area contributed by atoms with Gasteiger partial charge in [0.1, 0.15) is 5.82 Å². The maximum absolute atomic E-state index is 13.0. The van der Waals surface area contributed by atoms with Crippen LogP contribution >= 0.6 is 21.6 Å². The van der Waals surface area contributed by atoms with Crippen LogP contribution in [0.15, 0.2) is 29.3 Å². The zero-order valence-corrected chi connectivity index (χ0v) is 15.8. The lowest BCUT2D eigenvalue weighted by Crippen LogP contribution is -2.52. The molecule has 9 heteroatoms. The van der Waals surface area contributed by atoms with Crippen molar-refractivity contribution >= 4 is 39.5 Å². The Morgan fingerprint density at radius 3 is 2.85 bits per heavy atom. The van der Waals surface area contributed by atoms with E-state index in [0.717, 1.165) is 19.3 Å². The van der Waals surface area contributed by atoms with Crippen LogP contribution in [0.4, 0.5) is 9.18 Å². The lowest BCUT2D eigenvalue weighted by Gasteiger charge is -2.23. The van der Waals surface area contributed by atoms with Crippen LogP contribution < -0.4 is 16.0 Å². The molecule has 3 rings (SSSR count). The third-order valence-electron chi connectivity index (χ3n) is 4.11. The average molecular weight is 397 g/mol. The largest absolute Gasteiger partial charge is 0.323 e. The number of nitrogens with one attached hydrogen (secondary N) is 3. The molecule has 0 spiro atoms. The van der Waals surface area contributed by atoms with Crippen molar-refractivity contribution in [2.24, 2.45) is 4.99 Å². The van der Waals surface area contributed by atoms with Crippen molar-refractivity contribution < 1.29 is 14.0 Å². The van der Waals surface area contributed by atoms with Crippen molar-refractivity contribution in [3.05, 3.63) is 35.6 Å². The van der Waals surface area contributed by atoms with E-state index in [2.05, 4.69) is 20.9 Å². The lowest BCUT2D eigenvalue weighted by atomic mass is 10.1. The fraction of sp³-hybridized carbons (Fsp3) is 0.471. The van der Waals surface area contributed by atoms with Crippen LogP contribution in [0.2, 0.25) is 0 Å². The van der Waals surface area contributed by atoms with Gasteiger partial charge in [-0.1, -0.05) is 40.1 Å². The minimum atomic E-state index is -0.656. The van der Waals surface area contributed by atoms with Gasteiger partial charge in [0.2, 0.25) is 11.9 Å². The molecule has 0 radical (unpaired) electrons. The molecule has 6 nitrogen and oxygen atoms in total. The number of rotatable bonds is 6. The van der Waals surface area contributed by atoms with Gasteiger partial charge in [-0.25, -0.2) is 14.2 Å². The Balaban J connectivity index is 1.48. The van der Waals surface area contributed by atoms with E-state index in [1.807, 2.05) is 21.6 Å². The molecule has 3 amide bonds. The van der Waals surface area contributed by atoms with Crippen molar-refractivity contribution in [2.75, 3.05) is 5.75 Å². The topological polar surface area (TPSA) is 82.6 Å². The van der Waals surface area contributed by atoms with Gasteiger partial charge in [0.15, 0.2) is 6.17 Å². The zero-order chi connectivity index (χ0) is 18.4. The van der Waals surface area contributed by atoms with Crippen molar-refractivity contribution in [1.29, 1.82) is 0 Å². The molecule has 2 unspecified atom stereocenters. The average Bonchev–Trinajstić information content (AvgIpc) is 3.12. The van der Waals surface area contributed by atoms with E-state index in [0.29, 0.717) is 17.2 Å². The molecule has 3 N–H and O–H groups in total. The highest BCUT2D eigenvalue weighted by molar-refractivity contribution is 8.77. The Morgan fingerprint density at radius 1 is 1.31 bits per heavy atom. The molecule has 1 aromatic carbocycles. The van der Waals surface area contributed by atoms with Crippen LogP contribution in [0.25, 0.3) is 0 Å². The summed E-state index contributed by atoms with van der Waals surface area (Å²) in [4.78, 5) is 28.1. The van der Waals surface area contributed by atoms with Gasteiger partial charge >= 0.3 is 6.03 Å². The van der Waals surface area contributed by atoms with Gasteiger partial charge < -0.3 is 5.32 Å².